The summed E-state index contributed by atoms with van der Waals surface area (Å²) in [5, 5.41) is 22.1. The van der Waals surface area contributed by atoms with Gasteiger partial charge >= 0.3 is 6.18 Å². The summed E-state index contributed by atoms with van der Waals surface area (Å²) in [4.78, 5) is 2.20. The number of nitrogens with one attached hydrogen (secondary N) is 1. The first-order valence-electron chi connectivity index (χ1n) is 9.81. The monoisotopic (exact) mass is 427 g/mol. The number of nitrogens with zero attached hydrogens (tertiary/aromatic N) is 4. The predicted molar refractivity (Wildman–Crippen MR) is 111 cm³/mol. The van der Waals surface area contributed by atoms with Crippen molar-refractivity contribution in [1.82, 2.24) is 10.2 Å². The summed E-state index contributed by atoms with van der Waals surface area (Å²) < 4.78 is 46.1. The number of aryl methyl sites for hydroxylation is 1. The Morgan fingerprint density at radius 1 is 1.13 bits per heavy atom. The van der Waals surface area contributed by atoms with E-state index in [0.717, 1.165) is 35.2 Å². The first-order chi connectivity index (χ1) is 14.9. The van der Waals surface area contributed by atoms with E-state index in [9.17, 15) is 13.2 Å². The van der Waals surface area contributed by atoms with E-state index in [0.29, 0.717) is 19.0 Å². The molecule has 0 saturated carbocycles. The minimum absolute atomic E-state index is 0.0218. The van der Waals surface area contributed by atoms with Gasteiger partial charge in [-0.15, -0.1) is 5.10 Å². The first-order valence-corrected chi connectivity index (χ1v) is 9.81. The average molecular weight is 427 g/mol. The average Bonchev–Trinajstić information content (AvgIpc) is 2.78. The van der Waals surface area contributed by atoms with Gasteiger partial charge in [0.25, 0.3) is 0 Å². The van der Waals surface area contributed by atoms with Crippen molar-refractivity contribution >= 4 is 22.3 Å². The van der Waals surface area contributed by atoms with Gasteiger partial charge in [-0.3, -0.25) is 0 Å². The number of aromatic nitrogens is 2. The fourth-order valence-corrected chi connectivity index (χ4v) is 3.78. The Hall–Kier alpha value is -3.38. The number of ether oxygens (including phenoxy) is 1. The van der Waals surface area contributed by atoms with E-state index in [1.165, 1.54) is 18.2 Å². The Bertz CT molecular complexity index is 1150. The molecule has 0 bridgehead atoms. The number of morpholine rings is 1. The number of nitriles is 1. The molecule has 1 aromatic heterocycles. The third-order valence-electron chi connectivity index (χ3n) is 5.33. The maximum Gasteiger partial charge on any atom is 0.418 e. The molecular formula is C22H20F3N5O. The lowest BCUT2D eigenvalue weighted by Crippen LogP contribution is -2.36. The Morgan fingerprint density at radius 2 is 1.90 bits per heavy atom. The molecule has 4 rings (SSSR count). The lowest BCUT2D eigenvalue weighted by molar-refractivity contribution is -0.138. The van der Waals surface area contributed by atoms with Gasteiger partial charge in [-0.25, -0.2) is 0 Å². The highest BCUT2D eigenvalue weighted by atomic mass is 19.4. The van der Waals surface area contributed by atoms with E-state index >= 15 is 0 Å². The van der Waals surface area contributed by atoms with Crippen molar-refractivity contribution < 1.29 is 17.9 Å². The van der Waals surface area contributed by atoms with Crippen molar-refractivity contribution in [2.24, 2.45) is 0 Å². The minimum atomic E-state index is -4.63. The van der Waals surface area contributed by atoms with Crippen LogP contribution in [-0.4, -0.2) is 36.5 Å². The van der Waals surface area contributed by atoms with Crippen molar-refractivity contribution in [2.75, 3.05) is 36.5 Å². The number of anilines is 2. The van der Waals surface area contributed by atoms with Gasteiger partial charge in [0.2, 0.25) is 0 Å². The van der Waals surface area contributed by atoms with Gasteiger partial charge in [-0.1, -0.05) is 18.2 Å². The van der Waals surface area contributed by atoms with Gasteiger partial charge in [0.05, 0.1) is 36.1 Å². The second-order valence-electron chi connectivity index (χ2n) is 7.27. The molecule has 2 aromatic carbocycles. The van der Waals surface area contributed by atoms with Crippen molar-refractivity contribution in [3.63, 3.8) is 0 Å². The quantitative estimate of drug-likeness (QED) is 0.670. The molecule has 0 aliphatic carbocycles. The summed E-state index contributed by atoms with van der Waals surface area (Å²) in [5.74, 6) is 0.395. The highest BCUT2D eigenvalue weighted by molar-refractivity contribution is 5.95. The summed E-state index contributed by atoms with van der Waals surface area (Å²) in [6.45, 7) is 4.52. The lowest BCUT2D eigenvalue weighted by Gasteiger charge is -2.29. The molecule has 0 atom stereocenters. The normalized spacial score (nSPS) is 14.5. The number of halogens is 3. The minimum Gasteiger partial charge on any atom is -0.378 e. The topological polar surface area (TPSA) is 74.1 Å². The highest BCUT2D eigenvalue weighted by Gasteiger charge is 2.36. The summed E-state index contributed by atoms with van der Waals surface area (Å²) in [5.41, 5.74) is 0.376. The molecule has 1 aliphatic rings. The second-order valence-corrected chi connectivity index (χ2v) is 7.27. The molecule has 0 amide bonds. The van der Waals surface area contributed by atoms with Gasteiger partial charge in [0.1, 0.15) is 0 Å². The van der Waals surface area contributed by atoms with Gasteiger partial charge in [-0.05, 0) is 30.7 Å². The Morgan fingerprint density at radius 3 is 2.61 bits per heavy atom. The maximum absolute atomic E-state index is 13.6. The van der Waals surface area contributed by atoms with Crippen LogP contribution in [0, 0.1) is 18.3 Å². The number of rotatable bonds is 4. The van der Waals surface area contributed by atoms with Crippen LogP contribution >= 0.6 is 0 Å². The number of benzene rings is 2. The number of fused-ring (bicyclic) bond motifs is 1. The zero-order valence-corrected chi connectivity index (χ0v) is 16.8. The maximum atomic E-state index is 13.6. The Balaban J connectivity index is 1.69. The Kier molecular flexibility index (Phi) is 5.65. The molecule has 2 heterocycles. The van der Waals surface area contributed by atoms with Crippen LogP contribution in [0.1, 0.15) is 22.4 Å². The largest absolute Gasteiger partial charge is 0.418 e. The molecule has 9 heteroatoms. The van der Waals surface area contributed by atoms with Crippen molar-refractivity contribution in [2.45, 2.75) is 19.6 Å². The first kappa shape index (κ1) is 20.9. The Labute approximate surface area is 177 Å². The van der Waals surface area contributed by atoms with E-state index in [-0.39, 0.29) is 12.1 Å². The summed E-state index contributed by atoms with van der Waals surface area (Å²) in [7, 11) is 0. The van der Waals surface area contributed by atoms with Gasteiger partial charge in [0, 0.05) is 36.1 Å². The SMILES string of the molecule is Cc1nnc(NCc2cccc(C#N)c2C(F)(F)F)c2cc(N3CCOCC3)ccc12. The van der Waals surface area contributed by atoms with E-state index in [1.807, 2.05) is 25.1 Å². The van der Waals surface area contributed by atoms with Crippen LogP contribution in [-0.2, 0) is 17.5 Å². The van der Waals surface area contributed by atoms with Crippen LogP contribution in [0.5, 0.6) is 0 Å². The van der Waals surface area contributed by atoms with Crippen LogP contribution in [0.4, 0.5) is 24.7 Å². The molecule has 160 valence electrons. The fourth-order valence-electron chi connectivity index (χ4n) is 3.78. The molecule has 0 radical (unpaired) electrons. The van der Waals surface area contributed by atoms with Gasteiger partial charge in [-0.2, -0.15) is 23.5 Å². The fraction of sp³-hybridized carbons (Fsp3) is 0.318. The number of hydrogen-bond acceptors (Lipinski definition) is 6. The third kappa shape index (κ3) is 4.25. The zero-order valence-electron chi connectivity index (χ0n) is 16.8. The predicted octanol–water partition coefficient (Wildman–Crippen LogP) is 4.28. The molecule has 3 aromatic rings. The molecule has 1 aliphatic heterocycles. The smallest absolute Gasteiger partial charge is 0.378 e. The molecular weight excluding hydrogens is 407 g/mol. The third-order valence-corrected chi connectivity index (χ3v) is 5.33. The van der Waals surface area contributed by atoms with Gasteiger partial charge in [0.15, 0.2) is 5.82 Å². The van der Waals surface area contributed by atoms with Crippen molar-refractivity contribution in [3.05, 3.63) is 58.8 Å². The van der Waals surface area contributed by atoms with E-state index in [1.54, 1.807) is 6.07 Å². The van der Waals surface area contributed by atoms with Crippen LogP contribution in [0.2, 0.25) is 0 Å². The molecule has 1 N–H and O–H groups in total. The molecule has 31 heavy (non-hydrogen) atoms. The van der Waals surface area contributed by atoms with Crippen LogP contribution in [0.3, 0.4) is 0 Å². The van der Waals surface area contributed by atoms with Crippen molar-refractivity contribution in [3.8, 4) is 6.07 Å². The molecule has 0 spiro atoms. The number of hydrogen-bond donors (Lipinski definition) is 1. The highest BCUT2D eigenvalue weighted by Crippen LogP contribution is 2.35. The number of alkyl halides is 3. The standard InChI is InChI=1S/C22H20F3N5O/c1-14-18-6-5-17(30-7-9-31-10-8-30)11-19(18)21(29-28-14)27-13-16-4-2-3-15(12-26)20(16)22(23,24)25/h2-6,11H,7-10,13H2,1H3,(H,27,29). The zero-order chi connectivity index (χ0) is 22.0. The van der Waals surface area contributed by atoms with E-state index in [2.05, 4.69) is 20.4 Å². The van der Waals surface area contributed by atoms with Crippen LogP contribution < -0.4 is 10.2 Å². The lowest BCUT2D eigenvalue weighted by atomic mass is 10.0. The molecule has 6 nitrogen and oxygen atoms in total. The molecule has 1 fully saturated rings. The molecule has 0 unspecified atom stereocenters. The van der Waals surface area contributed by atoms with Crippen LogP contribution in [0.25, 0.3) is 10.8 Å². The second kappa shape index (κ2) is 8.40. The van der Waals surface area contributed by atoms with E-state index in [4.69, 9.17) is 10.00 Å². The summed E-state index contributed by atoms with van der Waals surface area (Å²) in [6.07, 6.45) is -4.63. The summed E-state index contributed by atoms with van der Waals surface area (Å²) >= 11 is 0. The van der Waals surface area contributed by atoms with Crippen molar-refractivity contribution in [1.29, 1.82) is 5.26 Å². The van der Waals surface area contributed by atoms with Crippen LogP contribution in [0.15, 0.2) is 36.4 Å². The summed E-state index contributed by atoms with van der Waals surface area (Å²) in [6, 6.07) is 11.5. The van der Waals surface area contributed by atoms with Gasteiger partial charge < -0.3 is 15.0 Å². The van der Waals surface area contributed by atoms with E-state index < -0.39 is 17.3 Å². The molecule has 1 saturated heterocycles.